The fourth-order valence-electron chi connectivity index (χ4n) is 3.86. The van der Waals surface area contributed by atoms with E-state index >= 15 is 0 Å². The van der Waals surface area contributed by atoms with Crippen LogP contribution in [0.3, 0.4) is 0 Å². The van der Waals surface area contributed by atoms with Gasteiger partial charge < -0.3 is 10.0 Å². The van der Waals surface area contributed by atoms with Crippen LogP contribution in [0.1, 0.15) is 19.3 Å². The number of hydrogen-bond donors (Lipinski definition) is 1. The quantitative estimate of drug-likeness (QED) is 0.863. The first-order valence-corrected chi connectivity index (χ1v) is 9.06. The summed E-state index contributed by atoms with van der Waals surface area (Å²) in [5, 5.41) is 9.58. The maximum absolute atomic E-state index is 12.8. The molecule has 0 spiro atoms. The molecule has 2 heterocycles. The van der Waals surface area contributed by atoms with Crippen molar-refractivity contribution in [3.63, 3.8) is 0 Å². The van der Waals surface area contributed by atoms with E-state index in [1.54, 1.807) is 12.1 Å². The number of anilines is 1. The van der Waals surface area contributed by atoms with Crippen LogP contribution in [0.15, 0.2) is 24.3 Å². The van der Waals surface area contributed by atoms with Crippen molar-refractivity contribution >= 4 is 29.2 Å². The van der Waals surface area contributed by atoms with Gasteiger partial charge in [-0.1, -0.05) is 11.6 Å². The predicted molar refractivity (Wildman–Crippen MR) is 97.1 cm³/mol. The number of likely N-dealkylation sites (N-methyl/N-ethyl adjacent to an activating group) is 1. The number of hydrogen-bond acceptors (Lipinski definition) is 4. The SMILES string of the molecule is CN(CC(=O)O)C1CCN(C2CCN(c3ccc(Cl)cc3)C2=O)CC1. The molecule has 1 aromatic carbocycles. The lowest BCUT2D eigenvalue weighted by Gasteiger charge is -2.38. The van der Waals surface area contributed by atoms with Crippen LogP contribution in [0.25, 0.3) is 0 Å². The highest BCUT2D eigenvalue weighted by Gasteiger charge is 2.38. The minimum atomic E-state index is -0.797. The van der Waals surface area contributed by atoms with Crippen molar-refractivity contribution < 1.29 is 14.7 Å². The van der Waals surface area contributed by atoms with E-state index in [-0.39, 0.29) is 24.5 Å². The number of halogens is 1. The highest BCUT2D eigenvalue weighted by molar-refractivity contribution is 6.30. The van der Waals surface area contributed by atoms with Gasteiger partial charge in [-0.3, -0.25) is 19.4 Å². The van der Waals surface area contributed by atoms with E-state index in [0.29, 0.717) is 5.02 Å². The van der Waals surface area contributed by atoms with E-state index in [0.717, 1.165) is 44.6 Å². The Kier molecular flexibility index (Phi) is 5.61. The number of carboxylic acid groups (broad SMARTS) is 1. The largest absolute Gasteiger partial charge is 0.480 e. The summed E-state index contributed by atoms with van der Waals surface area (Å²) in [7, 11) is 1.86. The van der Waals surface area contributed by atoms with Gasteiger partial charge in [0.1, 0.15) is 0 Å². The van der Waals surface area contributed by atoms with Crippen LogP contribution < -0.4 is 4.90 Å². The molecule has 0 aliphatic carbocycles. The molecule has 0 aromatic heterocycles. The molecule has 2 saturated heterocycles. The van der Waals surface area contributed by atoms with Crippen molar-refractivity contribution in [2.24, 2.45) is 0 Å². The Balaban J connectivity index is 1.56. The molecule has 6 nitrogen and oxygen atoms in total. The standard InChI is InChI=1S/C18H24ClN3O3/c1-20(12-17(23)24)14-6-9-21(10-7-14)16-8-11-22(18(16)25)15-4-2-13(19)3-5-15/h2-5,14,16H,6-12H2,1H3,(H,23,24). The molecule has 0 bridgehead atoms. The van der Waals surface area contributed by atoms with E-state index in [2.05, 4.69) is 4.90 Å². The highest BCUT2D eigenvalue weighted by Crippen LogP contribution is 2.28. The molecule has 2 fully saturated rings. The summed E-state index contributed by atoms with van der Waals surface area (Å²) in [6.07, 6.45) is 2.63. The number of carbonyl (C=O) groups excluding carboxylic acids is 1. The van der Waals surface area contributed by atoms with Gasteiger partial charge in [-0.25, -0.2) is 0 Å². The summed E-state index contributed by atoms with van der Waals surface area (Å²) in [5.74, 6) is -0.644. The zero-order chi connectivity index (χ0) is 18.0. The molecule has 0 radical (unpaired) electrons. The summed E-state index contributed by atoms with van der Waals surface area (Å²) in [4.78, 5) is 29.7. The first-order chi connectivity index (χ1) is 12.0. The summed E-state index contributed by atoms with van der Waals surface area (Å²) in [5.41, 5.74) is 0.896. The Hall–Kier alpha value is -1.63. The monoisotopic (exact) mass is 365 g/mol. The molecule has 0 saturated carbocycles. The number of nitrogens with zero attached hydrogens (tertiary/aromatic N) is 3. The van der Waals surface area contributed by atoms with Gasteiger partial charge in [0.15, 0.2) is 0 Å². The third-order valence-electron chi connectivity index (χ3n) is 5.26. The lowest BCUT2D eigenvalue weighted by Crippen LogP contribution is -2.50. The molecule has 1 unspecified atom stereocenters. The fraction of sp³-hybridized carbons (Fsp3) is 0.556. The molecule has 136 valence electrons. The van der Waals surface area contributed by atoms with Gasteiger partial charge >= 0.3 is 5.97 Å². The second-order valence-corrected chi connectivity index (χ2v) is 7.28. The number of carboxylic acids is 1. The molecule has 2 aliphatic rings. The van der Waals surface area contributed by atoms with Gasteiger partial charge in [-0.15, -0.1) is 0 Å². The van der Waals surface area contributed by atoms with Gasteiger partial charge in [0.2, 0.25) is 5.91 Å². The molecule has 25 heavy (non-hydrogen) atoms. The fourth-order valence-corrected chi connectivity index (χ4v) is 3.99. The van der Waals surface area contributed by atoms with Crippen molar-refractivity contribution in [3.8, 4) is 0 Å². The normalized spacial score (nSPS) is 22.8. The topological polar surface area (TPSA) is 64.1 Å². The lowest BCUT2D eigenvalue weighted by molar-refractivity contribution is -0.138. The first-order valence-electron chi connectivity index (χ1n) is 8.68. The van der Waals surface area contributed by atoms with Crippen LogP contribution in [0.2, 0.25) is 5.02 Å². The van der Waals surface area contributed by atoms with Crippen LogP contribution in [-0.2, 0) is 9.59 Å². The molecule has 1 amide bonds. The van der Waals surface area contributed by atoms with Crippen LogP contribution >= 0.6 is 11.6 Å². The van der Waals surface area contributed by atoms with Gasteiger partial charge in [0.25, 0.3) is 0 Å². The Morgan fingerprint density at radius 2 is 1.84 bits per heavy atom. The van der Waals surface area contributed by atoms with Gasteiger partial charge in [0, 0.05) is 36.4 Å². The van der Waals surface area contributed by atoms with Crippen LogP contribution in [0.4, 0.5) is 5.69 Å². The van der Waals surface area contributed by atoms with Gasteiger partial charge in [0.05, 0.1) is 12.6 Å². The molecule has 1 N–H and O–H groups in total. The number of likely N-dealkylation sites (tertiary alicyclic amines) is 1. The Labute approximate surface area is 152 Å². The number of amides is 1. The van der Waals surface area contributed by atoms with E-state index in [4.69, 9.17) is 16.7 Å². The molecule has 2 aliphatic heterocycles. The van der Waals surface area contributed by atoms with E-state index in [9.17, 15) is 9.59 Å². The second kappa shape index (κ2) is 7.72. The number of benzene rings is 1. The van der Waals surface area contributed by atoms with E-state index in [1.807, 2.05) is 29.0 Å². The molecular weight excluding hydrogens is 342 g/mol. The molecular formula is C18H24ClN3O3. The van der Waals surface area contributed by atoms with Crippen molar-refractivity contribution in [3.05, 3.63) is 29.3 Å². The molecule has 7 heteroatoms. The van der Waals surface area contributed by atoms with E-state index in [1.165, 1.54) is 0 Å². The average molecular weight is 366 g/mol. The number of aliphatic carboxylic acids is 1. The second-order valence-electron chi connectivity index (χ2n) is 6.85. The minimum absolute atomic E-state index is 0.0668. The predicted octanol–water partition coefficient (Wildman–Crippen LogP) is 1.93. The van der Waals surface area contributed by atoms with E-state index < -0.39 is 5.97 Å². The Morgan fingerprint density at radius 3 is 2.44 bits per heavy atom. The van der Waals surface area contributed by atoms with Crippen molar-refractivity contribution in [1.29, 1.82) is 0 Å². The Bertz CT molecular complexity index is 629. The highest BCUT2D eigenvalue weighted by atomic mass is 35.5. The average Bonchev–Trinajstić information content (AvgIpc) is 2.97. The lowest BCUT2D eigenvalue weighted by atomic mass is 10.0. The van der Waals surface area contributed by atoms with Crippen molar-refractivity contribution in [1.82, 2.24) is 9.80 Å². The number of carbonyl (C=O) groups is 2. The van der Waals surface area contributed by atoms with Gasteiger partial charge in [-0.2, -0.15) is 0 Å². The third-order valence-corrected chi connectivity index (χ3v) is 5.52. The molecule has 3 rings (SSSR count). The van der Waals surface area contributed by atoms with Crippen LogP contribution in [0.5, 0.6) is 0 Å². The first kappa shape index (κ1) is 18.2. The summed E-state index contributed by atoms with van der Waals surface area (Å²) in [6.45, 7) is 2.46. The molecule has 1 aromatic rings. The van der Waals surface area contributed by atoms with Crippen molar-refractivity contribution in [2.75, 3.05) is 38.1 Å². The zero-order valence-corrected chi connectivity index (χ0v) is 15.2. The number of piperidine rings is 1. The summed E-state index contributed by atoms with van der Waals surface area (Å²) >= 11 is 5.92. The molecule has 1 atom stereocenters. The Morgan fingerprint density at radius 1 is 1.20 bits per heavy atom. The number of rotatable bonds is 5. The maximum Gasteiger partial charge on any atom is 0.317 e. The maximum atomic E-state index is 12.8. The minimum Gasteiger partial charge on any atom is -0.480 e. The third kappa shape index (κ3) is 4.14. The van der Waals surface area contributed by atoms with Crippen LogP contribution in [0, 0.1) is 0 Å². The summed E-state index contributed by atoms with van der Waals surface area (Å²) < 4.78 is 0. The van der Waals surface area contributed by atoms with Crippen molar-refractivity contribution in [2.45, 2.75) is 31.3 Å². The smallest absolute Gasteiger partial charge is 0.317 e. The zero-order valence-electron chi connectivity index (χ0n) is 14.4. The van der Waals surface area contributed by atoms with Gasteiger partial charge in [-0.05, 0) is 50.6 Å². The van der Waals surface area contributed by atoms with Crippen LogP contribution in [-0.4, -0.2) is 72.1 Å². The summed E-state index contributed by atoms with van der Waals surface area (Å²) in [6, 6.07) is 7.59.